The first-order valence-corrected chi connectivity index (χ1v) is 3.31. The van der Waals surface area contributed by atoms with Crippen LogP contribution in [-0.4, -0.2) is 23.1 Å². The van der Waals surface area contributed by atoms with Gasteiger partial charge in [-0.3, -0.25) is 0 Å². The van der Waals surface area contributed by atoms with Gasteiger partial charge in [0, 0.05) is 0 Å². The van der Waals surface area contributed by atoms with Crippen LogP contribution < -0.4 is 17.0 Å². The van der Waals surface area contributed by atoms with E-state index in [2.05, 4.69) is 12.8 Å². The Labute approximate surface area is 91.1 Å². The van der Waals surface area contributed by atoms with Crippen molar-refractivity contribution in [1.29, 1.82) is 0 Å². The van der Waals surface area contributed by atoms with E-state index in [1.54, 1.807) is 0 Å². The summed E-state index contributed by atoms with van der Waals surface area (Å²) in [6.45, 7) is 2.19. The second-order valence-corrected chi connectivity index (χ2v) is 1.99. The third-order valence-electron chi connectivity index (χ3n) is 1.16. The number of rotatable bonds is 4. The predicted molar refractivity (Wildman–Crippen MR) is 41.6 cm³/mol. The minimum absolute atomic E-state index is 0. The average molecular weight is 213 g/mol. The quantitative estimate of drug-likeness (QED) is 0.247. The van der Waals surface area contributed by atoms with Gasteiger partial charge in [0.1, 0.15) is 0 Å². The van der Waals surface area contributed by atoms with Gasteiger partial charge in [0.15, 0.2) is 0 Å². The van der Waals surface area contributed by atoms with Crippen molar-refractivity contribution >= 4 is 23.1 Å². The number of unbranched alkanes of at least 4 members (excludes halogenated alkanes) is 4. The van der Waals surface area contributed by atoms with Gasteiger partial charge in [-0.05, 0) is 12.8 Å². The van der Waals surface area contributed by atoms with Crippen LogP contribution >= 0.6 is 0 Å². The first-order chi connectivity index (χ1) is 3.91. The summed E-state index contributed by atoms with van der Waals surface area (Å²) >= 11 is 0. The Morgan fingerprint density at radius 3 is 2.20 bits per heavy atom. The molecule has 0 saturated heterocycles. The summed E-state index contributed by atoms with van der Waals surface area (Å²) in [5, 5.41) is 0. The van der Waals surface area contributed by atoms with E-state index in [-0.39, 0.29) is 40.0 Å². The molecule has 0 aliphatic rings. The summed E-state index contributed by atoms with van der Waals surface area (Å²) in [7, 11) is 0. The van der Waals surface area contributed by atoms with Crippen molar-refractivity contribution in [3.05, 3.63) is 6.42 Å². The van der Waals surface area contributed by atoms with Crippen molar-refractivity contribution in [3.63, 3.8) is 0 Å². The summed E-state index contributed by atoms with van der Waals surface area (Å²) in [5.74, 6) is 2.38. The first-order valence-electron chi connectivity index (χ1n) is 3.31. The van der Waals surface area contributed by atoms with Crippen molar-refractivity contribution in [1.82, 2.24) is 0 Å². The smallest absolute Gasteiger partial charge is 1.00 e. The third kappa shape index (κ3) is 15.9. The van der Waals surface area contributed by atoms with Gasteiger partial charge in [0.2, 0.25) is 0 Å². The number of hydrogen-bond acceptors (Lipinski definition) is 0. The van der Waals surface area contributed by atoms with Gasteiger partial charge in [-0.25, -0.2) is 0 Å². The molecule has 0 unspecified atom stereocenters. The Morgan fingerprint density at radius 2 is 1.80 bits per heavy atom. The Bertz CT molecular complexity index is 75.8. The molecule has 0 atom stereocenters. The van der Waals surface area contributed by atoms with Crippen molar-refractivity contribution in [3.8, 4) is 5.92 Å². The Kier molecular flexibility index (Phi) is 28.0. The van der Waals surface area contributed by atoms with E-state index >= 15 is 0 Å². The van der Waals surface area contributed by atoms with Gasteiger partial charge in [-0.1, -0.05) is 26.2 Å². The molecule has 0 heterocycles. The molecule has 0 radical (unpaired) electrons. The van der Waals surface area contributed by atoms with E-state index in [0.717, 1.165) is 12.8 Å². The molecule has 0 fully saturated rings. The zero-order chi connectivity index (χ0) is 6.24. The summed E-state index contributed by atoms with van der Waals surface area (Å²) in [5.41, 5.74) is 0. The van der Waals surface area contributed by atoms with Crippen molar-refractivity contribution < 1.29 is 17.0 Å². The van der Waals surface area contributed by atoms with E-state index in [0.29, 0.717) is 0 Å². The standard InChI is InChI=1S/C8H13.BrH.Mg/c1-3-5-7-8-6-4-2;;/h3,5-8H2,1H3;1H;/q-1;;+2/p-1. The van der Waals surface area contributed by atoms with Crippen molar-refractivity contribution in [2.75, 3.05) is 0 Å². The summed E-state index contributed by atoms with van der Waals surface area (Å²) < 4.78 is 0. The molecule has 0 nitrogen and oxygen atoms in total. The zero-order valence-corrected chi connectivity index (χ0v) is 9.62. The van der Waals surface area contributed by atoms with Crippen LogP contribution in [0.5, 0.6) is 0 Å². The summed E-state index contributed by atoms with van der Waals surface area (Å²) in [6, 6.07) is 0. The van der Waals surface area contributed by atoms with Crippen LogP contribution in [0.4, 0.5) is 0 Å². The maximum Gasteiger partial charge on any atom is 2.00 e. The zero-order valence-electron chi connectivity index (χ0n) is 6.62. The Morgan fingerprint density at radius 1 is 1.20 bits per heavy atom. The summed E-state index contributed by atoms with van der Waals surface area (Å²) in [4.78, 5) is 0. The monoisotopic (exact) mass is 212 g/mol. The molecular formula is C8H13BrMg. The minimum Gasteiger partial charge on any atom is -1.00 e. The van der Waals surface area contributed by atoms with Crippen LogP contribution in [0, 0.1) is 12.3 Å². The number of hydrogen-bond donors (Lipinski definition) is 0. The second-order valence-electron chi connectivity index (χ2n) is 1.99. The average Bonchev–Trinajstić information content (AvgIpc) is 1.81. The molecule has 0 aliphatic heterocycles. The van der Waals surface area contributed by atoms with E-state index in [9.17, 15) is 0 Å². The number of halogens is 1. The molecule has 0 aromatic rings. The fourth-order valence-corrected chi connectivity index (χ4v) is 0.640. The summed E-state index contributed by atoms with van der Waals surface area (Å²) in [6.07, 6.45) is 12.4. The van der Waals surface area contributed by atoms with Crippen LogP contribution in [0.15, 0.2) is 0 Å². The van der Waals surface area contributed by atoms with Crippen molar-refractivity contribution in [2.45, 2.75) is 39.0 Å². The largest absolute Gasteiger partial charge is 2.00 e. The molecule has 0 N–H and O–H groups in total. The molecule has 0 aromatic heterocycles. The predicted octanol–water partition coefficient (Wildman–Crippen LogP) is -0.830. The van der Waals surface area contributed by atoms with Crippen LogP contribution in [0.3, 0.4) is 0 Å². The molecule has 10 heavy (non-hydrogen) atoms. The topological polar surface area (TPSA) is 0 Å². The first kappa shape index (κ1) is 17.1. The second kappa shape index (κ2) is 16.4. The molecule has 2 heteroatoms. The molecule has 0 saturated carbocycles. The maximum atomic E-state index is 6.59. The SMILES string of the molecule is [Br-].[C-]#CCCCCCC.[Mg+2]. The van der Waals surface area contributed by atoms with Gasteiger partial charge in [-0.2, -0.15) is 0 Å². The Hall–Kier alpha value is 0.806. The van der Waals surface area contributed by atoms with Crippen LogP contribution in [0.25, 0.3) is 0 Å². The van der Waals surface area contributed by atoms with E-state index in [1.807, 2.05) is 0 Å². The molecule has 0 rings (SSSR count). The molecule has 0 aromatic carbocycles. The van der Waals surface area contributed by atoms with Crippen LogP contribution in [0.2, 0.25) is 0 Å². The van der Waals surface area contributed by atoms with Gasteiger partial charge in [-0.15, -0.1) is 0 Å². The molecule has 0 spiro atoms. The Balaban J connectivity index is -0.000000245. The van der Waals surface area contributed by atoms with Crippen LogP contribution in [-0.2, 0) is 0 Å². The molecule has 0 amide bonds. The molecule has 0 aliphatic carbocycles. The fourth-order valence-electron chi connectivity index (χ4n) is 0.640. The van der Waals surface area contributed by atoms with Crippen LogP contribution in [0.1, 0.15) is 39.0 Å². The van der Waals surface area contributed by atoms with Gasteiger partial charge in [0.25, 0.3) is 0 Å². The fraction of sp³-hybridized carbons (Fsp3) is 0.750. The molecule has 0 bridgehead atoms. The van der Waals surface area contributed by atoms with E-state index in [1.165, 1.54) is 19.3 Å². The minimum atomic E-state index is 0. The normalized spacial score (nSPS) is 6.80. The van der Waals surface area contributed by atoms with Crippen molar-refractivity contribution in [2.24, 2.45) is 0 Å². The van der Waals surface area contributed by atoms with Gasteiger partial charge in [0.05, 0.1) is 0 Å². The maximum absolute atomic E-state index is 6.59. The van der Waals surface area contributed by atoms with E-state index in [4.69, 9.17) is 6.42 Å². The molecule has 54 valence electrons. The van der Waals surface area contributed by atoms with E-state index < -0.39 is 0 Å². The third-order valence-corrected chi connectivity index (χ3v) is 1.16. The van der Waals surface area contributed by atoms with Gasteiger partial charge >= 0.3 is 23.1 Å². The van der Waals surface area contributed by atoms with Gasteiger partial charge < -0.3 is 29.3 Å². The molecular weight excluding hydrogens is 200 g/mol.